The molecule has 20 heavy (non-hydrogen) atoms. The van der Waals surface area contributed by atoms with Crippen molar-refractivity contribution >= 4 is 23.4 Å². The lowest BCUT2D eigenvalue weighted by Gasteiger charge is -2.20. The maximum Gasteiger partial charge on any atom is 0.412 e. The van der Waals surface area contributed by atoms with Crippen molar-refractivity contribution in [2.45, 2.75) is 39.0 Å². The third-order valence-electron chi connectivity index (χ3n) is 2.41. The Balaban J connectivity index is 2.76. The van der Waals surface area contributed by atoms with Gasteiger partial charge in [-0.15, -0.1) is 0 Å². The van der Waals surface area contributed by atoms with E-state index in [-0.39, 0.29) is 18.0 Å². The molecular formula is C14H20ClFN2O2. The number of amides is 1. The normalized spacial score (nSPS) is 12.9. The van der Waals surface area contributed by atoms with Crippen LogP contribution in [-0.2, 0) is 4.74 Å². The predicted molar refractivity (Wildman–Crippen MR) is 78.8 cm³/mol. The average Bonchev–Trinajstić information content (AvgIpc) is 2.29. The molecule has 112 valence electrons. The van der Waals surface area contributed by atoms with Gasteiger partial charge in [0.2, 0.25) is 0 Å². The zero-order valence-corrected chi connectivity index (χ0v) is 12.6. The number of ether oxygens (including phenoxy) is 1. The van der Waals surface area contributed by atoms with Gasteiger partial charge in [-0.05, 0) is 51.4 Å². The molecule has 0 aliphatic rings. The highest BCUT2D eigenvalue weighted by Gasteiger charge is 2.17. The van der Waals surface area contributed by atoms with Crippen molar-refractivity contribution < 1.29 is 13.9 Å². The molecule has 1 aromatic carbocycles. The summed E-state index contributed by atoms with van der Waals surface area (Å²) in [6, 6.07) is 4.60. The van der Waals surface area contributed by atoms with E-state index in [0.29, 0.717) is 11.3 Å². The van der Waals surface area contributed by atoms with Crippen LogP contribution in [0, 0.1) is 0 Å². The zero-order valence-electron chi connectivity index (χ0n) is 11.9. The van der Waals surface area contributed by atoms with Gasteiger partial charge < -0.3 is 10.5 Å². The Morgan fingerprint density at radius 1 is 1.50 bits per heavy atom. The second kappa shape index (κ2) is 6.90. The number of nitrogens with two attached hydrogens (primary N) is 1. The van der Waals surface area contributed by atoms with E-state index in [4.69, 9.17) is 22.1 Å². The number of hydrogen-bond acceptors (Lipinski definition) is 3. The second-order valence-electron chi connectivity index (χ2n) is 5.41. The summed E-state index contributed by atoms with van der Waals surface area (Å²) in [5, 5.41) is 2.78. The van der Waals surface area contributed by atoms with Crippen LogP contribution in [0.25, 0.3) is 0 Å². The number of hydrogen-bond donors (Lipinski definition) is 2. The van der Waals surface area contributed by atoms with Crippen molar-refractivity contribution in [1.29, 1.82) is 0 Å². The molecule has 0 radical (unpaired) electrons. The van der Waals surface area contributed by atoms with E-state index in [0.717, 1.165) is 0 Å². The summed E-state index contributed by atoms with van der Waals surface area (Å²) in [6.07, 6.45) is -1.53. The number of alkyl halides is 1. The van der Waals surface area contributed by atoms with Crippen molar-refractivity contribution in [2.75, 3.05) is 11.9 Å². The number of carbonyl (C=O) groups excluding carboxylic acids is 1. The summed E-state index contributed by atoms with van der Waals surface area (Å²) in [7, 11) is 0. The van der Waals surface area contributed by atoms with Gasteiger partial charge in [-0.1, -0.05) is 17.7 Å². The quantitative estimate of drug-likeness (QED) is 0.882. The molecule has 1 aromatic rings. The van der Waals surface area contributed by atoms with Gasteiger partial charge in [-0.2, -0.15) is 0 Å². The van der Waals surface area contributed by atoms with Crippen molar-refractivity contribution in [2.24, 2.45) is 5.73 Å². The lowest BCUT2D eigenvalue weighted by atomic mass is 10.1. The monoisotopic (exact) mass is 302 g/mol. The zero-order chi connectivity index (χ0) is 15.3. The van der Waals surface area contributed by atoms with E-state index in [2.05, 4.69) is 5.32 Å². The van der Waals surface area contributed by atoms with E-state index in [1.807, 2.05) is 0 Å². The van der Waals surface area contributed by atoms with E-state index in [1.54, 1.807) is 32.9 Å². The summed E-state index contributed by atoms with van der Waals surface area (Å²) >= 11 is 6.02. The Labute approximate surface area is 123 Å². The van der Waals surface area contributed by atoms with E-state index in [1.165, 1.54) is 6.07 Å². The Bertz CT molecular complexity index is 475. The molecule has 4 nitrogen and oxygen atoms in total. The maximum atomic E-state index is 13.7. The van der Waals surface area contributed by atoms with Gasteiger partial charge in [0.15, 0.2) is 0 Å². The highest BCUT2D eigenvalue weighted by Crippen LogP contribution is 2.29. The number of halogens is 2. The third-order valence-corrected chi connectivity index (χ3v) is 2.72. The predicted octanol–water partition coefficient (Wildman–Crippen LogP) is 4.05. The Morgan fingerprint density at radius 2 is 2.15 bits per heavy atom. The molecule has 0 fully saturated rings. The van der Waals surface area contributed by atoms with Crippen LogP contribution in [0.4, 0.5) is 14.9 Å². The summed E-state index contributed by atoms with van der Waals surface area (Å²) < 4.78 is 18.8. The average molecular weight is 303 g/mol. The van der Waals surface area contributed by atoms with Crippen molar-refractivity contribution in [3.8, 4) is 0 Å². The van der Waals surface area contributed by atoms with Gasteiger partial charge in [0, 0.05) is 0 Å². The van der Waals surface area contributed by atoms with Crippen LogP contribution in [0.5, 0.6) is 0 Å². The van der Waals surface area contributed by atoms with Crippen LogP contribution in [0.3, 0.4) is 0 Å². The van der Waals surface area contributed by atoms with Gasteiger partial charge in [0.05, 0.1) is 10.7 Å². The molecule has 1 unspecified atom stereocenters. The standard InChI is InChI=1S/C14H20ClFN2O2/c1-14(2,3)20-13(19)18-12-5-4-9(8-10(12)15)11(16)6-7-17/h4-5,8,11H,6-7,17H2,1-3H3,(H,18,19). The molecule has 6 heteroatoms. The van der Waals surface area contributed by atoms with Gasteiger partial charge >= 0.3 is 6.09 Å². The first-order chi connectivity index (χ1) is 9.23. The van der Waals surface area contributed by atoms with Crippen molar-refractivity contribution in [3.05, 3.63) is 28.8 Å². The Kier molecular flexibility index (Phi) is 5.77. The molecule has 0 aromatic heterocycles. The molecule has 1 atom stereocenters. The van der Waals surface area contributed by atoms with Crippen LogP contribution < -0.4 is 11.1 Å². The van der Waals surface area contributed by atoms with E-state index < -0.39 is 17.9 Å². The second-order valence-corrected chi connectivity index (χ2v) is 5.82. The van der Waals surface area contributed by atoms with Gasteiger partial charge in [0.25, 0.3) is 0 Å². The van der Waals surface area contributed by atoms with Gasteiger partial charge in [-0.3, -0.25) is 5.32 Å². The van der Waals surface area contributed by atoms with Crippen molar-refractivity contribution in [3.63, 3.8) is 0 Å². The Morgan fingerprint density at radius 3 is 2.65 bits per heavy atom. The molecule has 0 saturated heterocycles. The number of anilines is 1. The number of benzene rings is 1. The summed E-state index contributed by atoms with van der Waals surface area (Å²) in [6.45, 7) is 5.55. The Hall–Kier alpha value is -1.33. The largest absolute Gasteiger partial charge is 0.444 e. The minimum atomic E-state index is -1.16. The fourth-order valence-electron chi connectivity index (χ4n) is 1.55. The SMILES string of the molecule is CC(C)(C)OC(=O)Nc1ccc(C(F)CCN)cc1Cl. The minimum Gasteiger partial charge on any atom is -0.444 e. The molecule has 3 N–H and O–H groups in total. The smallest absolute Gasteiger partial charge is 0.412 e. The molecule has 0 saturated carbocycles. The number of carbonyl (C=O) groups is 1. The molecule has 0 bridgehead atoms. The first-order valence-electron chi connectivity index (χ1n) is 6.36. The lowest BCUT2D eigenvalue weighted by molar-refractivity contribution is 0.0636. The van der Waals surface area contributed by atoms with Gasteiger partial charge in [-0.25, -0.2) is 9.18 Å². The summed E-state index contributed by atoms with van der Waals surface area (Å²) in [5.74, 6) is 0. The van der Waals surface area contributed by atoms with E-state index in [9.17, 15) is 9.18 Å². The highest BCUT2D eigenvalue weighted by molar-refractivity contribution is 6.33. The van der Waals surface area contributed by atoms with Crippen LogP contribution in [0.1, 0.15) is 38.9 Å². The molecule has 0 aliphatic heterocycles. The van der Waals surface area contributed by atoms with Crippen LogP contribution >= 0.6 is 11.6 Å². The number of nitrogens with one attached hydrogen (secondary N) is 1. The number of rotatable bonds is 4. The van der Waals surface area contributed by atoms with Gasteiger partial charge in [0.1, 0.15) is 11.8 Å². The molecule has 1 rings (SSSR count). The fraction of sp³-hybridized carbons (Fsp3) is 0.500. The molecule has 1 amide bonds. The van der Waals surface area contributed by atoms with E-state index >= 15 is 0 Å². The van der Waals surface area contributed by atoms with Crippen LogP contribution in [0.2, 0.25) is 5.02 Å². The van der Waals surface area contributed by atoms with Crippen molar-refractivity contribution in [1.82, 2.24) is 0 Å². The highest BCUT2D eigenvalue weighted by atomic mass is 35.5. The molecule has 0 heterocycles. The lowest BCUT2D eigenvalue weighted by Crippen LogP contribution is -2.27. The topological polar surface area (TPSA) is 64.3 Å². The first-order valence-corrected chi connectivity index (χ1v) is 6.74. The fourth-order valence-corrected chi connectivity index (χ4v) is 1.79. The first kappa shape index (κ1) is 16.7. The third kappa shape index (κ3) is 5.35. The van der Waals surface area contributed by atoms with Crippen LogP contribution in [0.15, 0.2) is 18.2 Å². The minimum absolute atomic E-state index is 0.231. The summed E-state index contributed by atoms with van der Waals surface area (Å²) in [5.41, 5.74) is 5.54. The molecule has 0 aliphatic carbocycles. The maximum absolute atomic E-state index is 13.7. The summed E-state index contributed by atoms with van der Waals surface area (Å²) in [4.78, 5) is 11.6. The molecular weight excluding hydrogens is 283 g/mol. The van der Waals surface area contributed by atoms with Crippen LogP contribution in [-0.4, -0.2) is 18.2 Å². The molecule has 0 spiro atoms.